The summed E-state index contributed by atoms with van der Waals surface area (Å²) in [6.45, 7) is 6.72. The van der Waals surface area contributed by atoms with Gasteiger partial charge in [-0.15, -0.1) is 0 Å². The van der Waals surface area contributed by atoms with Crippen molar-refractivity contribution in [3.05, 3.63) is 0 Å². The van der Waals surface area contributed by atoms with Crippen LogP contribution >= 0.6 is 0 Å². The van der Waals surface area contributed by atoms with Crippen LogP contribution in [-0.4, -0.2) is 41.4 Å². The van der Waals surface area contributed by atoms with Crippen molar-refractivity contribution in [2.24, 2.45) is 0 Å². The van der Waals surface area contributed by atoms with Gasteiger partial charge in [0.15, 0.2) is 0 Å². The molecule has 1 saturated heterocycles. The second-order valence-electron chi connectivity index (χ2n) is 5.75. The maximum absolute atomic E-state index is 12.0. The van der Waals surface area contributed by atoms with E-state index in [2.05, 4.69) is 24.5 Å². The fraction of sp³-hybridized carbons (Fsp3) is 0.867. The van der Waals surface area contributed by atoms with Crippen molar-refractivity contribution in [3.8, 4) is 0 Å². The molecule has 0 aromatic carbocycles. The number of carbonyl (C=O) groups excluding carboxylic acids is 1. The first kappa shape index (κ1) is 17.8. The zero-order chi connectivity index (χ0) is 15.9. The summed E-state index contributed by atoms with van der Waals surface area (Å²) in [6.07, 6.45) is 4.01. The van der Waals surface area contributed by atoms with Gasteiger partial charge in [0, 0.05) is 18.7 Å². The van der Waals surface area contributed by atoms with Gasteiger partial charge in [-0.25, -0.2) is 4.79 Å². The maximum atomic E-state index is 12.0. The van der Waals surface area contributed by atoms with Gasteiger partial charge < -0.3 is 20.5 Å². The van der Waals surface area contributed by atoms with E-state index in [0.717, 1.165) is 25.7 Å². The lowest BCUT2D eigenvalue weighted by Crippen LogP contribution is -2.52. The molecular formula is C15H28N2O4. The lowest BCUT2D eigenvalue weighted by atomic mass is 9.86. The summed E-state index contributed by atoms with van der Waals surface area (Å²) in [5.74, 6) is -0.899. The van der Waals surface area contributed by atoms with Crippen LogP contribution in [0.3, 0.4) is 0 Å². The lowest BCUT2D eigenvalue weighted by molar-refractivity contribution is -0.137. The van der Waals surface area contributed by atoms with Gasteiger partial charge in [-0.05, 0) is 32.1 Å². The van der Waals surface area contributed by atoms with Gasteiger partial charge in [-0.1, -0.05) is 20.8 Å². The maximum Gasteiger partial charge on any atom is 0.315 e. The van der Waals surface area contributed by atoms with Crippen molar-refractivity contribution in [1.29, 1.82) is 0 Å². The zero-order valence-corrected chi connectivity index (χ0v) is 13.3. The van der Waals surface area contributed by atoms with Crippen molar-refractivity contribution in [2.45, 2.75) is 77.0 Å². The molecule has 1 aliphatic heterocycles. The van der Waals surface area contributed by atoms with Crippen LogP contribution in [0.2, 0.25) is 0 Å². The van der Waals surface area contributed by atoms with Gasteiger partial charge in [0.1, 0.15) is 0 Å². The summed E-state index contributed by atoms with van der Waals surface area (Å²) < 4.78 is 5.88. The second-order valence-corrected chi connectivity index (χ2v) is 5.75. The Balaban J connectivity index is 2.48. The molecule has 122 valence electrons. The summed E-state index contributed by atoms with van der Waals surface area (Å²) >= 11 is 0. The normalized spacial score (nSPS) is 22.3. The fourth-order valence-corrected chi connectivity index (χ4v) is 2.81. The van der Waals surface area contributed by atoms with E-state index in [9.17, 15) is 9.59 Å². The van der Waals surface area contributed by atoms with Crippen LogP contribution in [0.5, 0.6) is 0 Å². The van der Waals surface area contributed by atoms with Crippen molar-refractivity contribution in [1.82, 2.24) is 10.6 Å². The van der Waals surface area contributed by atoms with E-state index in [1.54, 1.807) is 0 Å². The Morgan fingerprint density at radius 2 is 2.00 bits per heavy atom. The molecule has 0 aromatic rings. The molecule has 1 aliphatic rings. The first-order valence-electron chi connectivity index (χ1n) is 7.87. The number of hydrogen-bond donors (Lipinski definition) is 3. The highest BCUT2D eigenvalue weighted by molar-refractivity contribution is 5.76. The largest absolute Gasteiger partial charge is 0.481 e. The highest BCUT2D eigenvalue weighted by Gasteiger charge is 2.35. The van der Waals surface area contributed by atoms with Crippen molar-refractivity contribution < 1.29 is 19.4 Å². The number of amides is 2. The third-order valence-corrected chi connectivity index (χ3v) is 4.37. The minimum atomic E-state index is -0.899. The van der Waals surface area contributed by atoms with Gasteiger partial charge in [-0.3, -0.25) is 4.79 Å². The SMILES string of the molecule is CCC(CC(=O)O)NC(=O)NC1CCOC(CC)(CC)C1. The number of hydrogen-bond acceptors (Lipinski definition) is 3. The first-order valence-corrected chi connectivity index (χ1v) is 7.87. The van der Waals surface area contributed by atoms with Crippen molar-refractivity contribution >= 4 is 12.0 Å². The molecule has 6 nitrogen and oxygen atoms in total. The molecule has 1 rings (SSSR count). The number of urea groups is 1. The van der Waals surface area contributed by atoms with Gasteiger partial charge in [0.25, 0.3) is 0 Å². The predicted octanol–water partition coefficient (Wildman–Crippen LogP) is 2.28. The molecule has 0 radical (unpaired) electrons. The van der Waals surface area contributed by atoms with E-state index < -0.39 is 5.97 Å². The summed E-state index contributed by atoms with van der Waals surface area (Å²) in [5.41, 5.74) is -0.137. The minimum Gasteiger partial charge on any atom is -0.481 e. The first-order chi connectivity index (χ1) is 9.94. The van der Waals surface area contributed by atoms with Crippen LogP contribution in [0.1, 0.15) is 59.3 Å². The molecule has 1 heterocycles. The van der Waals surface area contributed by atoms with Crippen LogP contribution in [0.15, 0.2) is 0 Å². The highest BCUT2D eigenvalue weighted by Crippen LogP contribution is 2.31. The van der Waals surface area contributed by atoms with E-state index in [1.807, 2.05) is 6.92 Å². The Labute approximate surface area is 126 Å². The van der Waals surface area contributed by atoms with Crippen LogP contribution in [0.25, 0.3) is 0 Å². The molecule has 1 fully saturated rings. The summed E-state index contributed by atoms with van der Waals surface area (Å²) in [4.78, 5) is 22.7. The molecule has 0 bridgehead atoms. The fourth-order valence-electron chi connectivity index (χ4n) is 2.81. The van der Waals surface area contributed by atoms with Crippen molar-refractivity contribution in [3.63, 3.8) is 0 Å². The molecule has 0 aromatic heterocycles. The molecule has 0 aliphatic carbocycles. The molecule has 21 heavy (non-hydrogen) atoms. The number of carboxylic acid groups (broad SMARTS) is 1. The molecule has 2 amide bonds. The van der Waals surface area contributed by atoms with Gasteiger partial charge in [-0.2, -0.15) is 0 Å². The topological polar surface area (TPSA) is 87.7 Å². The Kier molecular flexibility index (Phi) is 6.95. The van der Waals surface area contributed by atoms with E-state index in [4.69, 9.17) is 9.84 Å². The summed E-state index contributed by atoms with van der Waals surface area (Å²) in [6, 6.07) is -0.526. The van der Waals surface area contributed by atoms with Crippen LogP contribution in [0.4, 0.5) is 4.79 Å². The molecular weight excluding hydrogens is 272 g/mol. The lowest BCUT2D eigenvalue weighted by Gasteiger charge is -2.40. The molecule has 0 spiro atoms. The third-order valence-electron chi connectivity index (χ3n) is 4.37. The number of carbonyl (C=O) groups is 2. The third kappa shape index (κ3) is 5.53. The van der Waals surface area contributed by atoms with Gasteiger partial charge >= 0.3 is 12.0 Å². The van der Waals surface area contributed by atoms with E-state index >= 15 is 0 Å². The minimum absolute atomic E-state index is 0.0500. The highest BCUT2D eigenvalue weighted by atomic mass is 16.5. The summed E-state index contributed by atoms with van der Waals surface area (Å²) in [7, 11) is 0. The van der Waals surface area contributed by atoms with Crippen molar-refractivity contribution in [2.75, 3.05) is 6.61 Å². The average molecular weight is 300 g/mol. The Morgan fingerprint density at radius 1 is 1.33 bits per heavy atom. The number of rotatable bonds is 7. The van der Waals surface area contributed by atoms with Crippen LogP contribution in [-0.2, 0) is 9.53 Å². The molecule has 3 N–H and O–H groups in total. The Hall–Kier alpha value is -1.30. The number of carboxylic acids is 1. The van der Waals surface area contributed by atoms with E-state index in [0.29, 0.717) is 13.0 Å². The molecule has 6 heteroatoms. The second kappa shape index (κ2) is 8.22. The van der Waals surface area contributed by atoms with Crippen LogP contribution < -0.4 is 10.6 Å². The zero-order valence-electron chi connectivity index (χ0n) is 13.3. The predicted molar refractivity (Wildman–Crippen MR) is 80.3 cm³/mol. The number of aliphatic carboxylic acids is 1. The van der Waals surface area contributed by atoms with E-state index in [-0.39, 0.29) is 30.1 Å². The molecule has 0 saturated carbocycles. The van der Waals surface area contributed by atoms with Gasteiger partial charge in [0.05, 0.1) is 12.0 Å². The Morgan fingerprint density at radius 3 is 2.52 bits per heavy atom. The number of ether oxygens (including phenoxy) is 1. The standard InChI is InChI=1S/C15H28N2O4/c1-4-11(9-13(18)19)16-14(20)17-12-7-8-21-15(5-2,6-3)10-12/h11-12H,4-10H2,1-3H3,(H,18,19)(H2,16,17,20). The monoisotopic (exact) mass is 300 g/mol. The smallest absolute Gasteiger partial charge is 0.315 e. The average Bonchev–Trinajstić information content (AvgIpc) is 2.46. The Bertz CT molecular complexity index is 356. The summed E-state index contributed by atoms with van der Waals surface area (Å²) in [5, 5.41) is 14.5. The molecule has 2 atom stereocenters. The van der Waals surface area contributed by atoms with Crippen LogP contribution in [0, 0.1) is 0 Å². The van der Waals surface area contributed by atoms with E-state index in [1.165, 1.54) is 0 Å². The quantitative estimate of drug-likeness (QED) is 0.673. The van der Waals surface area contributed by atoms with Gasteiger partial charge in [0.2, 0.25) is 0 Å². The number of nitrogens with one attached hydrogen (secondary N) is 2. The molecule has 2 unspecified atom stereocenters.